The molecule has 2 heterocycles. The Labute approximate surface area is 183 Å². The summed E-state index contributed by atoms with van der Waals surface area (Å²) in [7, 11) is 1.64. The molecule has 0 atom stereocenters. The lowest BCUT2D eigenvalue weighted by molar-refractivity contribution is 0.0945. The number of nitrogens with zero attached hydrogens (tertiary/aromatic N) is 3. The average Bonchev–Trinajstić information content (AvgIpc) is 3.45. The van der Waals surface area contributed by atoms with Crippen molar-refractivity contribution in [1.29, 1.82) is 0 Å². The van der Waals surface area contributed by atoms with Crippen LogP contribution in [0.15, 0.2) is 24.4 Å². The van der Waals surface area contributed by atoms with E-state index in [1.807, 2.05) is 22.9 Å². The van der Waals surface area contributed by atoms with Gasteiger partial charge in [0, 0.05) is 12.1 Å². The molecule has 164 valence electrons. The Morgan fingerprint density at radius 1 is 1.23 bits per heavy atom. The largest absolute Gasteiger partial charge is 0.493 e. The highest BCUT2D eigenvalue weighted by Gasteiger charge is 2.22. The van der Waals surface area contributed by atoms with Gasteiger partial charge in [0.05, 0.1) is 25.5 Å². The first-order valence-electron chi connectivity index (χ1n) is 10.5. The molecule has 0 bridgehead atoms. The minimum atomic E-state index is -0.236. The van der Waals surface area contributed by atoms with Crippen LogP contribution in [0.5, 0.6) is 11.5 Å². The van der Waals surface area contributed by atoms with Gasteiger partial charge >= 0.3 is 0 Å². The molecule has 30 heavy (non-hydrogen) atoms. The molecule has 1 aliphatic carbocycles. The molecule has 1 aromatic heterocycles. The first-order valence-corrected chi connectivity index (χ1v) is 10.5. The number of carbonyl (C=O) groups excluding carboxylic acids is 1. The number of ether oxygens (including phenoxy) is 2. The number of hydrogen-bond donors (Lipinski definition) is 2. The van der Waals surface area contributed by atoms with Crippen LogP contribution in [0.25, 0.3) is 0 Å². The van der Waals surface area contributed by atoms with E-state index in [0.717, 1.165) is 50.1 Å². The van der Waals surface area contributed by atoms with Crippen LogP contribution in [0, 0.1) is 0 Å². The van der Waals surface area contributed by atoms with Gasteiger partial charge < -0.3 is 20.1 Å². The fourth-order valence-electron chi connectivity index (χ4n) is 4.06. The van der Waals surface area contributed by atoms with Crippen LogP contribution in [0.4, 0.5) is 0 Å². The van der Waals surface area contributed by atoms with Gasteiger partial charge in [-0.25, -0.2) is 4.68 Å². The average molecular weight is 436 g/mol. The molecule has 1 aliphatic heterocycles. The van der Waals surface area contributed by atoms with Gasteiger partial charge in [0.1, 0.15) is 0 Å². The second-order valence-corrected chi connectivity index (χ2v) is 7.72. The molecule has 0 spiro atoms. The van der Waals surface area contributed by atoms with Crippen LogP contribution in [-0.4, -0.2) is 47.2 Å². The molecule has 8 nitrogen and oxygen atoms in total. The molecule has 1 saturated heterocycles. The second-order valence-electron chi connectivity index (χ2n) is 7.72. The zero-order chi connectivity index (χ0) is 20.1. The number of benzene rings is 1. The summed E-state index contributed by atoms with van der Waals surface area (Å²) in [5.74, 6) is 1.18. The summed E-state index contributed by atoms with van der Waals surface area (Å²) in [5.41, 5.74) is 1.24. The van der Waals surface area contributed by atoms with Crippen molar-refractivity contribution in [3.63, 3.8) is 0 Å². The van der Waals surface area contributed by atoms with Crippen molar-refractivity contribution in [3.8, 4) is 11.5 Å². The van der Waals surface area contributed by atoms with Crippen LogP contribution in [0.2, 0.25) is 0 Å². The third-order valence-corrected chi connectivity index (χ3v) is 5.73. The highest BCUT2D eigenvalue weighted by atomic mass is 35.5. The lowest BCUT2D eigenvalue weighted by atomic mass is 10.1. The third kappa shape index (κ3) is 5.23. The van der Waals surface area contributed by atoms with Gasteiger partial charge in [0.15, 0.2) is 17.2 Å². The van der Waals surface area contributed by atoms with E-state index in [1.165, 1.54) is 12.8 Å². The Morgan fingerprint density at radius 2 is 2.00 bits per heavy atom. The monoisotopic (exact) mass is 435 g/mol. The molecule has 1 amide bonds. The number of para-hydroxylation sites is 1. The zero-order valence-corrected chi connectivity index (χ0v) is 18.1. The number of piperidine rings is 1. The van der Waals surface area contributed by atoms with Gasteiger partial charge in [-0.3, -0.25) is 4.79 Å². The van der Waals surface area contributed by atoms with Crippen LogP contribution < -0.4 is 20.1 Å². The Kier molecular flexibility index (Phi) is 7.93. The van der Waals surface area contributed by atoms with Crippen molar-refractivity contribution < 1.29 is 14.3 Å². The minimum absolute atomic E-state index is 0. The Bertz CT molecular complexity index is 832. The number of hydrogen-bond acceptors (Lipinski definition) is 6. The maximum absolute atomic E-state index is 12.6. The first-order chi connectivity index (χ1) is 14.2. The molecule has 2 N–H and O–H groups in total. The molecular weight excluding hydrogens is 406 g/mol. The summed E-state index contributed by atoms with van der Waals surface area (Å²) in [6.07, 6.45) is 8.45. The molecule has 0 unspecified atom stereocenters. The number of rotatable bonds is 7. The molecular formula is C21H30ClN5O3. The predicted molar refractivity (Wildman–Crippen MR) is 115 cm³/mol. The normalized spacial score (nSPS) is 17.4. The maximum Gasteiger partial charge on any atom is 0.273 e. The van der Waals surface area contributed by atoms with E-state index in [1.54, 1.807) is 13.3 Å². The van der Waals surface area contributed by atoms with E-state index in [4.69, 9.17) is 9.47 Å². The summed E-state index contributed by atoms with van der Waals surface area (Å²) >= 11 is 0. The summed E-state index contributed by atoms with van der Waals surface area (Å²) in [6.45, 7) is 2.27. The third-order valence-electron chi connectivity index (χ3n) is 5.73. The topological polar surface area (TPSA) is 90.3 Å². The van der Waals surface area contributed by atoms with E-state index < -0.39 is 0 Å². The van der Waals surface area contributed by atoms with E-state index in [9.17, 15) is 4.79 Å². The highest BCUT2D eigenvalue weighted by molar-refractivity contribution is 5.91. The SMILES string of the molecule is COc1cccc(CNC(=O)c2cn(C3CCNCC3)nn2)c1OC1CCCC1.Cl. The van der Waals surface area contributed by atoms with Crippen LogP contribution in [0.3, 0.4) is 0 Å². The van der Waals surface area contributed by atoms with E-state index >= 15 is 0 Å². The fourth-order valence-corrected chi connectivity index (χ4v) is 4.06. The van der Waals surface area contributed by atoms with Gasteiger partial charge in [-0.2, -0.15) is 0 Å². The summed E-state index contributed by atoms with van der Waals surface area (Å²) in [4.78, 5) is 12.6. The lowest BCUT2D eigenvalue weighted by Gasteiger charge is -2.22. The number of methoxy groups -OCH3 is 1. The quantitative estimate of drug-likeness (QED) is 0.695. The van der Waals surface area contributed by atoms with Crippen molar-refractivity contribution >= 4 is 18.3 Å². The molecule has 4 rings (SSSR count). The first kappa shape index (κ1) is 22.4. The van der Waals surface area contributed by atoms with Crippen molar-refractivity contribution in [1.82, 2.24) is 25.6 Å². The van der Waals surface area contributed by atoms with Gasteiger partial charge in [0.2, 0.25) is 0 Å². The molecule has 9 heteroatoms. The maximum atomic E-state index is 12.6. The Morgan fingerprint density at radius 3 is 2.73 bits per heavy atom. The lowest BCUT2D eigenvalue weighted by Crippen LogP contribution is -2.29. The summed E-state index contributed by atoms with van der Waals surface area (Å²) in [6, 6.07) is 6.06. The number of amides is 1. The smallest absolute Gasteiger partial charge is 0.273 e. The Hall–Kier alpha value is -2.32. The van der Waals surface area contributed by atoms with Crippen molar-refractivity contribution in [2.75, 3.05) is 20.2 Å². The van der Waals surface area contributed by atoms with Gasteiger partial charge in [-0.1, -0.05) is 17.3 Å². The standard InChI is InChI=1S/C21H29N5O3.ClH/c1-28-19-8-4-5-15(20(19)29-17-6-2-3-7-17)13-23-21(27)18-14-26(25-24-18)16-9-11-22-12-10-16;/h4-5,8,14,16-17,22H,2-3,6-7,9-13H2,1H3,(H,23,27);1H. The molecule has 2 aliphatic rings. The number of halogens is 1. The van der Waals surface area contributed by atoms with Crippen LogP contribution >= 0.6 is 12.4 Å². The predicted octanol–water partition coefficient (Wildman–Crippen LogP) is 2.88. The fraction of sp³-hybridized carbons (Fsp3) is 0.571. The molecule has 0 radical (unpaired) electrons. The summed E-state index contributed by atoms with van der Waals surface area (Å²) in [5, 5.41) is 14.5. The van der Waals surface area contributed by atoms with E-state index in [-0.39, 0.29) is 24.4 Å². The van der Waals surface area contributed by atoms with Crippen molar-refractivity contribution in [2.24, 2.45) is 0 Å². The molecule has 2 fully saturated rings. The number of carbonyl (C=O) groups is 1. The zero-order valence-electron chi connectivity index (χ0n) is 17.3. The highest BCUT2D eigenvalue weighted by Crippen LogP contribution is 2.34. The minimum Gasteiger partial charge on any atom is -0.493 e. The summed E-state index contributed by atoms with van der Waals surface area (Å²) < 4.78 is 13.5. The van der Waals surface area contributed by atoms with Gasteiger partial charge in [0.25, 0.3) is 5.91 Å². The van der Waals surface area contributed by atoms with Crippen molar-refractivity contribution in [2.45, 2.75) is 57.2 Å². The molecule has 1 aromatic carbocycles. The second kappa shape index (κ2) is 10.6. The van der Waals surface area contributed by atoms with Gasteiger partial charge in [-0.15, -0.1) is 17.5 Å². The van der Waals surface area contributed by atoms with E-state index in [0.29, 0.717) is 24.0 Å². The van der Waals surface area contributed by atoms with Crippen LogP contribution in [-0.2, 0) is 6.54 Å². The van der Waals surface area contributed by atoms with Crippen molar-refractivity contribution in [3.05, 3.63) is 35.7 Å². The number of aromatic nitrogens is 3. The van der Waals surface area contributed by atoms with E-state index in [2.05, 4.69) is 20.9 Å². The molecule has 1 saturated carbocycles. The molecule has 2 aromatic rings. The van der Waals surface area contributed by atoms with Crippen LogP contribution in [0.1, 0.15) is 60.6 Å². The Balaban J connectivity index is 0.00000256. The number of nitrogens with one attached hydrogen (secondary N) is 2. The van der Waals surface area contributed by atoms with Gasteiger partial charge in [-0.05, 0) is 57.7 Å².